The lowest BCUT2D eigenvalue weighted by Crippen LogP contribution is -2.08. The molecule has 5 heteroatoms. The second kappa shape index (κ2) is 12.2. The van der Waals surface area contributed by atoms with Crippen LogP contribution in [0.2, 0.25) is 0 Å². The van der Waals surface area contributed by atoms with Crippen LogP contribution in [0, 0.1) is 25.0 Å². The minimum Gasteiger partial charge on any atom is -0.489 e. The van der Waals surface area contributed by atoms with E-state index >= 15 is 0 Å². The summed E-state index contributed by atoms with van der Waals surface area (Å²) in [5, 5.41) is 2.85. The molecule has 1 aromatic carbocycles. The van der Waals surface area contributed by atoms with Crippen molar-refractivity contribution in [3.8, 4) is 16.9 Å². The summed E-state index contributed by atoms with van der Waals surface area (Å²) in [7, 11) is 1.45. The number of nitrogens with two attached hydrogens (primary N) is 1. The van der Waals surface area contributed by atoms with Crippen molar-refractivity contribution in [3.05, 3.63) is 23.3 Å². The Bertz CT molecular complexity index is 455. The van der Waals surface area contributed by atoms with Crippen molar-refractivity contribution in [1.82, 2.24) is 0 Å². The fourth-order valence-corrected chi connectivity index (χ4v) is 1.91. The van der Waals surface area contributed by atoms with E-state index in [0.717, 1.165) is 5.75 Å². The molecule has 3 nitrogen and oxygen atoms in total. The number of nitrogen functional groups attached to an aromatic ring is 1. The third-order valence-corrected chi connectivity index (χ3v) is 3.28. The fourth-order valence-electron chi connectivity index (χ4n) is 1.33. The van der Waals surface area contributed by atoms with Crippen molar-refractivity contribution in [1.29, 1.82) is 0 Å². The molecule has 0 aromatic heterocycles. The van der Waals surface area contributed by atoms with Gasteiger partial charge in [0.2, 0.25) is 0 Å². The molecule has 20 heavy (non-hydrogen) atoms. The largest absolute Gasteiger partial charge is 0.489 e. The smallest absolute Gasteiger partial charge is 0.142 e. The molecule has 0 aliphatic rings. The molecule has 0 bridgehead atoms. The number of halogens is 1. The van der Waals surface area contributed by atoms with Crippen LogP contribution in [-0.2, 0) is 4.74 Å². The van der Waals surface area contributed by atoms with Gasteiger partial charge in [0.25, 0.3) is 0 Å². The Labute approximate surface area is 138 Å². The third-order valence-electron chi connectivity index (χ3n) is 2.40. The van der Waals surface area contributed by atoms with Crippen molar-refractivity contribution in [2.45, 2.75) is 27.7 Å². The molecule has 2 N–H and O–H groups in total. The molecule has 0 aliphatic heterocycles. The second-order valence-corrected chi connectivity index (χ2v) is 5.41. The first-order valence-electron chi connectivity index (χ1n) is 6.48. The standard InChI is InChI=1S/C13H16INO2S.C2H6/c1-10-8-12(15)13(9-11(10)2)17-6-5-16-4-3-7-18-14;1-2/h8-9H,4-6,15H2,1-2H3;1-2H3. The molecular weight excluding hydrogens is 385 g/mol. The van der Waals surface area contributed by atoms with Crippen LogP contribution < -0.4 is 10.5 Å². The zero-order valence-electron chi connectivity index (χ0n) is 12.5. The maximum Gasteiger partial charge on any atom is 0.142 e. The normalized spacial score (nSPS) is 9.05. The van der Waals surface area contributed by atoms with Gasteiger partial charge in [0, 0.05) is 21.2 Å². The van der Waals surface area contributed by atoms with E-state index in [4.69, 9.17) is 15.2 Å². The average Bonchev–Trinajstić information content (AvgIpc) is 2.45. The zero-order valence-corrected chi connectivity index (χ0v) is 15.4. The first-order chi connectivity index (χ1) is 9.65. The Hall–Kier alpha value is -0.580. The van der Waals surface area contributed by atoms with Crippen LogP contribution in [0.1, 0.15) is 25.0 Å². The molecule has 0 unspecified atom stereocenters. The molecule has 0 saturated heterocycles. The minimum absolute atomic E-state index is 0.432. The van der Waals surface area contributed by atoms with Crippen molar-refractivity contribution in [3.63, 3.8) is 0 Å². The van der Waals surface area contributed by atoms with E-state index in [1.807, 2.05) is 39.8 Å². The quantitative estimate of drug-likeness (QED) is 0.341. The summed E-state index contributed by atoms with van der Waals surface area (Å²) >= 11 is 2.12. The van der Waals surface area contributed by atoms with E-state index in [9.17, 15) is 0 Å². The van der Waals surface area contributed by atoms with E-state index in [2.05, 4.69) is 32.4 Å². The summed E-state index contributed by atoms with van der Waals surface area (Å²) in [5.74, 6) is 3.58. The molecule has 0 spiro atoms. The van der Waals surface area contributed by atoms with Gasteiger partial charge in [0.05, 0.1) is 12.3 Å². The Morgan fingerprint density at radius 3 is 2.50 bits per heavy atom. The molecule has 112 valence electrons. The van der Waals surface area contributed by atoms with Crippen LogP contribution in [0.3, 0.4) is 0 Å². The Kier molecular flexibility index (Phi) is 11.8. The van der Waals surface area contributed by atoms with Gasteiger partial charge in [0.1, 0.15) is 19.0 Å². The lowest BCUT2D eigenvalue weighted by molar-refractivity contribution is 0.125. The van der Waals surface area contributed by atoms with Gasteiger partial charge >= 0.3 is 0 Å². The van der Waals surface area contributed by atoms with Gasteiger partial charge in [-0.15, -0.1) is 0 Å². The van der Waals surface area contributed by atoms with Crippen molar-refractivity contribution in [2.24, 2.45) is 0 Å². The summed E-state index contributed by atoms with van der Waals surface area (Å²) < 4.78 is 10.9. The van der Waals surface area contributed by atoms with Crippen LogP contribution in [0.4, 0.5) is 5.69 Å². The van der Waals surface area contributed by atoms with E-state index in [0.29, 0.717) is 25.5 Å². The Morgan fingerprint density at radius 2 is 1.85 bits per heavy atom. The first kappa shape index (κ1) is 19.4. The lowest BCUT2D eigenvalue weighted by atomic mass is 10.1. The predicted octanol–water partition coefficient (Wildman–Crippen LogP) is 4.35. The minimum atomic E-state index is 0.432. The summed E-state index contributed by atoms with van der Waals surface area (Å²) in [4.78, 5) is 0. The molecule has 0 heterocycles. The van der Waals surface area contributed by atoms with Crippen molar-refractivity contribution >= 4 is 35.8 Å². The van der Waals surface area contributed by atoms with Crippen LogP contribution in [0.25, 0.3) is 0 Å². The van der Waals surface area contributed by atoms with E-state index < -0.39 is 0 Å². The predicted molar refractivity (Wildman–Crippen MR) is 97.4 cm³/mol. The molecule has 0 aliphatic carbocycles. The Morgan fingerprint density at radius 1 is 1.20 bits per heavy atom. The van der Waals surface area contributed by atoms with E-state index in [1.165, 1.54) is 20.1 Å². The Balaban J connectivity index is 0.00000172. The summed E-state index contributed by atoms with van der Waals surface area (Å²) in [6.45, 7) is 9.48. The number of hydrogen-bond donors (Lipinski definition) is 1. The molecule has 0 amide bonds. The van der Waals surface area contributed by atoms with Crippen LogP contribution in [0.5, 0.6) is 5.75 Å². The highest BCUT2D eigenvalue weighted by Crippen LogP contribution is 2.25. The molecule has 0 atom stereocenters. The maximum atomic E-state index is 5.88. The van der Waals surface area contributed by atoms with E-state index in [1.54, 1.807) is 0 Å². The van der Waals surface area contributed by atoms with Crippen molar-refractivity contribution < 1.29 is 9.47 Å². The monoisotopic (exact) mass is 407 g/mol. The van der Waals surface area contributed by atoms with Gasteiger partial charge in [0.15, 0.2) is 0 Å². The van der Waals surface area contributed by atoms with Crippen LogP contribution in [-0.4, -0.2) is 19.8 Å². The number of anilines is 1. The van der Waals surface area contributed by atoms with Crippen LogP contribution >= 0.6 is 30.1 Å². The number of rotatable bonds is 5. The fraction of sp³-hybridized carbons (Fsp3) is 0.467. The number of hydrogen-bond acceptors (Lipinski definition) is 4. The number of benzene rings is 1. The average molecular weight is 407 g/mol. The van der Waals surface area contributed by atoms with Gasteiger partial charge in [-0.1, -0.05) is 19.8 Å². The number of aryl methyl sites for hydroxylation is 2. The molecule has 1 aromatic rings. The highest BCUT2D eigenvalue weighted by atomic mass is 127. The van der Waals surface area contributed by atoms with Gasteiger partial charge in [-0.25, -0.2) is 0 Å². The summed E-state index contributed by atoms with van der Waals surface area (Å²) in [6, 6.07) is 3.88. The molecular formula is C15H22INO2S. The first-order valence-corrected chi connectivity index (χ1v) is 9.83. The van der Waals surface area contributed by atoms with E-state index in [-0.39, 0.29) is 0 Å². The zero-order chi connectivity index (χ0) is 15.4. The highest BCUT2D eigenvalue weighted by molar-refractivity contribution is 14.2. The third kappa shape index (κ3) is 7.88. The van der Waals surface area contributed by atoms with Gasteiger partial charge < -0.3 is 15.2 Å². The summed E-state index contributed by atoms with van der Waals surface area (Å²) in [5.41, 5.74) is 8.89. The highest BCUT2D eigenvalue weighted by Gasteiger charge is 2.03. The lowest BCUT2D eigenvalue weighted by Gasteiger charge is -2.11. The summed E-state index contributed by atoms with van der Waals surface area (Å²) in [6.07, 6.45) is 0. The van der Waals surface area contributed by atoms with Gasteiger partial charge in [-0.05, 0) is 51.3 Å². The SMILES string of the molecule is CC.Cc1cc(N)c(OCCOCC#CSI)cc1C. The molecule has 0 fully saturated rings. The second-order valence-electron chi connectivity index (χ2n) is 3.73. The topological polar surface area (TPSA) is 44.5 Å². The van der Waals surface area contributed by atoms with Crippen molar-refractivity contribution in [2.75, 3.05) is 25.6 Å². The molecule has 0 saturated carbocycles. The molecule has 0 radical (unpaired) electrons. The molecule has 1 rings (SSSR count). The maximum absolute atomic E-state index is 5.88. The number of ether oxygens (including phenoxy) is 2. The van der Waals surface area contributed by atoms with Crippen LogP contribution in [0.15, 0.2) is 12.1 Å². The van der Waals surface area contributed by atoms with Gasteiger partial charge in [-0.2, -0.15) is 0 Å². The van der Waals surface area contributed by atoms with Gasteiger partial charge in [-0.3, -0.25) is 0 Å².